The summed E-state index contributed by atoms with van der Waals surface area (Å²) >= 11 is 0. The van der Waals surface area contributed by atoms with Gasteiger partial charge in [-0.1, -0.05) is 18.2 Å². The first-order chi connectivity index (χ1) is 9.20. The lowest BCUT2D eigenvalue weighted by molar-refractivity contribution is -0.142. The Morgan fingerprint density at radius 3 is 3.11 bits per heavy atom. The number of ketones is 1. The summed E-state index contributed by atoms with van der Waals surface area (Å²) in [6.07, 6.45) is 4.24. The number of carbonyl (C=O) groups is 2. The van der Waals surface area contributed by atoms with Gasteiger partial charge >= 0.3 is 5.97 Å². The maximum Gasteiger partial charge on any atom is 0.309 e. The molecule has 0 amide bonds. The van der Waals surface area contributed by atoms with E-state index in [-0.39, 0.29) is 18.2 Å². The lowest BCUT2D eigenvalue weighted by Gasteiger charge is -2.16. The Kier molecular flexibility index (Phi) is 4.34. The molecule has 2 rings (SSSR count). The molecule has 0 atom stereocenters. The van der Waals surface area contributed by atoms with Crippen LogP contribution in [0.5, 0.6) is 5.75 Å². The summed E-state index contributed by atoms with van der Waals surface area (Å²) in [5.74, 6) is 0.487. The molecule has 100 valence electrons. The van der Waals surface area contributed by atoms with Gasteiger partial charge in [0.15, 0.2) is 5.78 Å². The van der Waals surface area contributed by atoms with Gasteiger partial charge in [0.2, 0.25) is 0 Å². The maximum atomic E-state index is 11.6. The summed E-state index contributed by atoms with van der Waals surface area (Å²) in [5, 5.41) is 0. The Bertz CT molecular complexity index is 517. The minimum absolute atomic E-state index is 0.114. The number of hydrogen-bond donors (Lipinski definition) is 0. The molecular formula is C15H16O4. The Labute approximate surface area is 112 Å². The molecule has 1 aromatic rings. The summed E-state index contributed by atoms with van der Waals surface area (Å²) in [7, 11) is 0. The van der Waals surface area contributed by atoms with Gasteiger partial charge in [0.25, 0.3) is 0 Å². The van der Waals surface area contributed by atoms with E-state index < -0.39 is 0 Å². The zero-order valence-corrected chi connectivity index (χ0v) is 10.8. The van der Waals surface area contributed by atoms with Gasteiger partial charge in [0, 0.05) is 6.42 Å². The van der Waals surface area contributed by atoms with Crippen LogP contribution >= 0.6 is 0 Å². The number of ether oxygens (including phenoxy) is 2. The number of carbonyl (C=O) groups excluding carboxylic acids is 2. The number of fused-ring (bicyclic) bond motifs is 1. The molecule has 1 aromatic carbocycles. The van der Waals surface area contributed by atoms with E-state index >= 15 is 0 Å². The van der Waals surface area contributed by atoms with E-state index in [1.807, 2.05) is 18.2 Å². The molecule has 0 saturated heterocycles. The smallest absolute Gasteiger partial charge is 0.309 e. The van der Waals surface area contributed by atoms with Crippen molar-refractivity contribution in [3.63, 3.8) is 0 Å². The van der Waals surface area contributed by atoms with Crippen LogP contribution in [0.25, 0.3) is 6.08 Å². The average molecular weight is 260 g/mol. The third-order valence-corrected chi connectivity index (χ3v) is 2.79. The molecule has 0 aliphatic carbocycles. The van der Waals surface area contributed by atoms with Crippen LogP contribution in [-0.4, -0.2) is 25.0 Å². The van der Waals surface area contributed by atoms with Gasteiger partial charge in [-0.2, -0.15) is 0 Å². The van der Waals surface area contributed by atoms with E-state index in [0.29, 0.717) is 30.9 Å². The lowest BCUT2D eigenvalue weighted by atomic mass is 10.0. The Balaban J connectivity index is 2.04. The van der Waals surface area contributed by atoms with Crippen molar-refractivity contribution < 1.29 is 19.1 Å². The summed E-state index contributed by atoms with van der Waals surface area (Å²) in [6, 6.07) is 5.42. The van der Waals surface area contributed by atoms with E-state index in [2.05, 4.69) is 0 Å². The third-order valence-electron chi connectivity index (χ3n) is 2.79. The van der Waals surface area contributed by atoms with Gasteiger partial charge < -0.3 is 9.47 Å². The molecule has 0 spiro atoms. The predicted molar refractivity (Wildman–Crippen MR) is 71.2 cm³/mol. The molecular weight excluding hydrogens is 244 g/mol. The highest BCUT2D eigenvalue weighted by Gasteiger charge is 2.17. The molecule has 4 heteroatoms. The topological polar surface area (TPSA) is 52.6 Å². The first-order valence-corrected chi connectivity index (χ1v) is 6.33. The van der Waals surface area contributed by atoms with Crippen LogP contribution in [0.2, 0.25) is 0 Å². The Morgan fingerprint density at radius 1 is 1.47 bits per heavy atom. The largest absolute Gasteiger partial charge is 0.492 e. The van der Waals surface area contributed by atoms with Crippen molar-refractivity contribution in [2.75, 3.05) is 13.2 Å². The molecule has 0 N–H and O–H groups in total. The highest BCUT2D eigenvalue weighted by Crippen LogP contribution is 2.26. The van der Waals surface area contributed by atoms with Crippen LogP contribution in [0.15, 0.2) is 24.3 Å². The zero-order chi connectivity index (χ0) is 13.7. The molecule has 4 nitrogen and oxygen atoms in total. The first kappa shape index (κ1) is 13.3. The van der Waals surface area contributed by atoms with E-state index in [4.69, 9.17) is 9.47 Å². The number of benzene rings is 1. The van der Waals surface area contributed by atoms with Gasteiger partial charge in [0.05, 0.1) is 25.2 Å². The van der Waals surface area contributed by atoms with Crippen LogP contribution < -0.4 is 4.74 Å². The molecule has 0 bridgehead atoms. The quantitative estimate of drug-likeness (QED) is 0.781. The van der Waals surface area contributed by atoms with Crippen LogP contribution in [0.1, 0.15) is 35.7 Å². The first-order valence-electron chi connectivity index (χ1n) is 6.33. The fourth-order valence-corrected chi connectivity index (χ4v) is 1.89. The molecule has 0 radical (unpaired) electrons. The van der Waals surface area contributed by atoms with E-state index in [1.165, 1.54) is 0 Å². The molecule has 0 saturated carbocycles. The van der Waals surface area contributed by atoms with Gasteiger partial charge in [-0.25, -0.2) is 0 Å². The fourth-order valence-electron chi connectivity index (χ4n) is 1.89. The van der Waals surface area contributed by atoms with Gasteiger partial charge in [0.1, 0.15) is 5.75 Å². The summed E-state index contributed by atoms with van der Waals surface area (Å²) in [6.45, 7) is 2.60. The lowest BCUT2D eigenvalue weighted by Crippen LogP contribution is -2.15. The van der Waals surface area contributed by atoms with Crippen molar-refractivity contribution in [1.29, 1.82) is 0 Å². The van der Waals surface area contributed by atoms with Crippen molar-refractivity contribution in [3.8, 4) is 5.75 Å². The number of rotatable bonds is 4. The summed E-state index contributed by atoms with van der Waals surface area (Å²) < 4.78 is 10.3. The Hall–Kier alpha value is -2.10. The van der Waals surface area contributed by atoms with Crippen molar-refractivity contribution in [2.45, 2.75) is 19.8 Å². The highest BCUT2D eigenvalue weighted by atomic mass is 16.5. The van der Waals surface area contributed by atoms with Crippen molar-refractivity contribution >= 4 is 17.8 Å². The number of hydrogen-bond acceptors (Lipinski definition) is 4. The van der Waals surface area contributed by atoms with Crippen molar-refractivity contribution in [3.05, 3.63) is 35.4 Å². The number of esters is 1. The molecule has 0 unspecified atom stereocenters. The highest BCUT2D eigenvalue weighted by molar-refractivity contribution is 5.99. The van der Waals surface area contributed by atoms with Crippen LogP contribution in [0.3, 0.4) is 0 Å². The Morgan fingerprint density at radius 2 is 2.32 bits per heavy atom. The molecule has 0 aromatic heterocycles. The summed E-state index contributed by atoms with van der Waals surface area (Å²) in [5.41, 5.74) is 1.53. The molecule has 1 heterocycles. The van der Waals surface area contributed by atoms with Crippen LogP contribution in [-0.2, 0) is 9.53 Å². The van der Waals surface area contributed by atoms with Crippen molar-refractivity contribution in [2.24, 2.45) is 0 Å². The predicted octanol–water partition coefficient (Wildman–Crippen LogP) is 2.62. The average Bonchev–Trinajstić information content (AvgIpc) is 2.39. The monoisotopic (exact) mass is 260 g/mol. The summed E-state index contributed by atoms with van der Waals surface area (Å²) in [4.78, 5) is 22.8. The van der Waals surface area contributed by atoms with Gasteiger partial charge in [-0.05, 0) is 24.6 Å². The molecule has 0 fully saturated rings. The van der Waals surface area contributed by atoms with Gasteiger partial charge in [-0.15, -0.1) is 0 Å². The van der Waals surface area contributed by atoms with E-state index in [9.17, 15) is 9.59 Å². The molecule has 1 aliphatic rings. The maximum absolute atomic E-state index is 11.6. The second-order valence-corrected chi connectivity index (χ2v) is 4.19. The van der Waals surface area contributed by atoms with E-state index in [0.717, 1.165) is 5.56 Å². The van der Waals surface area contributed by atoms with Crippen LogP contribution in [0.4, 0.5) is 0 Å². The van der Waals surface area contributed by atoms with Crippen molar-refractivity contribution in [1.82, 2.24) is 0 Å². The number of Topliss-reactive ketones (excluding diaryl/α,β-unsaturated/α-hetero) is 1. The fraction of sp³-hybridized carbons (Fsp3) is 0.333. The van der Waals surface area contributed by atoms with Crippen LogP contribution in [0, 0.1) is 0 Å². The van der Waals surface area contributed by atoms with Gasteiger partial charge in [-0.3, -0.25) is 9.59 Å². The molecule has 1 aliphatic heterocycles. The normalized spacial score (nSPS) is 14.1. The second-order valence-electron chi connectivity index (χ2n) is 4.19. The second kappa shape index (κ2) is 6.18. The molecule has 19 heavy (non-hydrogen) atoms. The standard InChI is InChI=1S/C15H16O4/c1-2-18-15(17)5-3-4-11-6-7-12-13(16)8-9-19-14(12)10-11/h3-4,6-7,10H,2,5,8-9H2,1H3. The SMILES string of the molecule is CCOC(=O)CC=Cc1ccc2c(c1)OCCC2=O. The zero-order valence-electron chi connectivity index (χ0n) is 10.8. The third kappa shape index (κ3) is 3.44. The van der Waals surface area contributed by atoms with E-state index in [1.54, 1.807) is 19.1 Å². The minimum Gasteiger partial charge on any atom is -0.492 e. The minimum atomic E-state index is -0.247.